The van der Waals surface area contributed by atoms with Gasteiger partial charge >= 0.3 is 0 Å². The Labute approximate surface area is 142 Å². The van der Waals surface area contributed by atoms with E-state index in [2.05, 4.69) is 23.5 Å². The summed E-state index contributed by atoms with van der Waals surface area (Å²) in [4.78, 5) is 13.3. The minimum absolute atomic E-state index is 0.0552. The van der Waals surface area contributed by atoms with Gasteiger partial charge in [-0.05, 0) is 57.3 Å². The second kappa shape index (κ2) is 7.37. The van der Waals surface area contributed by atoms with Crippen molar-refractivity contribution < 1.29 is 4.79 Å². The third-order valence-corrected chi connectivity index (χ3v) is 4.08. The van der Waals surface area contributed by atoms with E-state index in [4.69, 9.17) is 12.2 Å². The lowest BCUT2D eigenvalue weighted by Crippen LogP contribution is -2.30. The quantitative estimate of drug-likeness (QED) is 0.674. The van der Waals surface area contributed by atoms with Crippen molar-refractivity contribution in [1.29, 1.82) is 0 Å². The predicted molar refractivity (Wildman–Crippen MR) is 96.8 cm³/mol. The summed E-state index contributed by atoms with van der Waals surface area (Å²) >= 11 is 5.44. The molecule has 0 bridgehead atoms. The van der Waals surface area contributed by atoms with Gasteiger partial charge in [0.15, 0.2) is 10.9 Å². The van der Waals surface area contributed by atoms with E-state index in [0.29, 0.717) is 17.2 Å². The standard InChI is InChI=1S/C17H22N4OS/c1-5-21-11-15(12(2)19-21)10-20(4)17(23)18-16-8-6-14(7-9-16)13(3)22/h6-9,11H,5,10H2,1-4H3,(H,18,23). The lowest BCUT2D eigenvalue weighted by atomic mass is 10.1. The molecule has 2 rings (SSSR count). The van der Waals surface area contributed by atoms with Crippen molar-refractivity contribution in [3.63, 3.8) is 0 Å². The molecule has 0 radical (unpaired) electrons. The number of rotatable bonds is 5. The van der Waals surface area contributed by atoms with Crippen LogP contribution >= 0.6 is 12.2 Å². The molecule has 1 aromatic heterocycles. The number of ketones is 1. The number of nitrogens with one attached hydrogen (secondary N) is 1. The van der Waals surface area contributed by atoms with Gasteiger partial charge in [0.2, 0.25) is 0 Å². The zero-order chi connectivity index (χ0) is 17.0. The third-order valence-electron chi connectivity index (χ3n) is 3.67. The van der Waals surface area contributed by atoms with Crippen LogP contribution in [0.25, 0.3) is 0 Å². The number of anilines is 1. The van der Waals surface area contributed by atoms with Crippen molar-refractivity contribution in [3.8, 4) is 0 Å². The molecule has 6 heteroatoms. The van der Waals surface area contributed by atoms with E-state index >= 15 is 0 Å². The van der Waals surface area contributed by atoms with Crippen LogP contribution in [0.15, 0.2) is 30.5 Å². The molecule has 0 atom stereocenters. The summed E-state index contributed by atoms with van der Waals surface area (Å²) in [5.41, 5.74) is 3.74. The number of aromatic nitrogens is 2. The van der Waals surface area contributed by atoms with Crippen molar-refractivity contribution >= 4 is 28.8 Å². The Morgan fingerprint density at radius 1 is 1.35 bits per heavy atom. The molecule has 2 aromatic rings. The van der Waals surface area contributed by atoms with Gasteiger partial charge in [-0.1, -0.05) is 0 Å². The van der Waals surface area contributed by atoms with Crippen LogP contribution in [0.5, 0.6) is 0 Å². The molecule has 0 aliphatic rings. The van der Waals surface area contributed by atoms with Crippen LogP contribution in [-0.4, -0.2) is 32.6 Å². The first-order valence-electron chi connectivity index (χ1n) is 7.56. The first-order valence-corrected chi connectivity index (χ1v) is 7.97. The van der Waals surface area contributed by atoms with Gasteiger partial charge in [-0.2, -0.15) is 5.10 Å². The van der Waals surface area contributed by atoms with Crippen molar-refractivity contribution in [2.75, 3.05) is 12.4 Å². The Morgan fingerprint density at radius 3 is 2.52 bits per heavy atom. The molecule has 0 spiro atoms. The summed E-state index contributed by atoms with van der Waals surface area (Å²) in [6, 6.07) is 7.31. The van der Waals surface area contributed by atoms with E-state index in [9.17, 15) is 4.79 Å². The summed E-state index contributed by atoms with van der Waals surface area (Å²) in [7, 11) is 1.95. The zero-order valence-corrected chi connectivity index (χ0v) is 14.8. The molecule has 0 saturated heterocycles. The maximum Gasteiger partial charge on any atom is 0.173 e. The number of carbonyl (C=O) groups is 1. The van der Waals surface area contributed by atoms with Crippen LogP contribution in [0.1, 0.15) is 35.5 Å². The average molecular weight is 330 g/mol. The van der Waals surface area contributed by atoms with E-state index in [1.54, 1.807) is 19.1 Å². The molecule has 0 aliphatic carbocycles. The highest BCUT2D eigenvalue weighted by Gasteiger charge is 2.10. The number of hydrogen-bond donors (Lipinski definition) is 1. The Balaban J connectivity index is 1.99. The van der Waals surface area contributed by atoms with Crippen LogP contribution < -0.4 is 5.32 Å². The van der Waals surface area contributed by atoms with Crippen LogP contribution in [0, 0.1) is 6.92 Å². The first kappa shape index (κ1) is 17.1. The number of Topliss-reactive ketones (excluding diaryl/α,β-unsaturated/α-hetero) is 1. The highest BCUT2D eigenvalue weighted by Crippen LogP contribution is 2.13. The number of hydrogen-bond acceptors (Lipinski definition) is 3. The molecule has 122 valence electrons. The van der Waals surface area contributed by atoms with E-state index in [0.717, 1.165) is 23.5 Å². The number of nitrogens with zero attached hydrogens (tertiary/aromatic N) is 3. The van der Waals surface area contributed by atoms with Crippen molar-refractivity contribution in [2.45, 2.75) is 33.9 Å². The average Bonchev–Trinajstić information content (AvgIpc) is 2.88. The number of aryl methyl sites for hydroxylation is 2. The monoisotopic (exact) mass is 330 g/mol. The topological polar surface area (TPSA) is 50.2 Å². The van der Waals surface area contributed by atoms with Crippen molar-refractivity contribution in [1.82, 2.24) is 14.7 Å². The molecule has 23 heavy (non-hydrogen) atoms. The zero-order valence-electron chi connectivity index (χ0n) is 14.0. The van der Waals surface area contributed by atoms with Gasteiger partial charge in [-0.3, -0.25) is 9.48 Å². The van der Waals surface area contributed by atoms with Crippen LogP contribution in [0.3, 0.4) is 0 Å². The summed E-state index contributed by atoms with van der Waals surface area (Å²) in [5.74, 6) is 0.0552. The first-order chi connectivity index (χ1) is 10.9. The van der Waals surface area contributed by atoms with Gasteiger partial charge in [0.1, 0.15) is 0 Å². The van der Waals surface area contributed by atoms with Gasteiger partial charge in [-0.15, -0.1) is 0 Å². The van der Waals surface area contributed by atoms with Crippen molar-refractivity contribution in [3.05, 3.63) is 47.3 Å². The van der Waals surface area contributed by atoms with Gasteiger partial charge in [0.05, 0.1) is 5.69 Å². The molecular weight excluding hydrogens is 308 g/mol. The Hall–Kier alpha value is -2.21. The van der Waals surface area contributed by atoms with Gasteiger partial charge < -0.3 is 10.2 Å². The fourth-order valence-corrected chi connectivity index (χ4v) is 2.39. The van der Waals surface area contributed by atoms with Gasteiger partial charge in [-0.25, -0.2) is 0 Å². The van der Waals surface area contributed by atoms with E-state index in [-0.39, 0.29) is 5.78 Å². The normalized spacial score (nSPS) is 10.4. The van der Waals surface area contributed by atoms with E-state index < -0.39 is 0 Å². The van der Waals surface area contributed by atoms with E-state index in [1.807, 2.05) is 35.7 Å². The molecule has 0 fully saturated rings. The highest BCUT2D eigenvalue weighted by atomic mass is 32.1. The minimum Gasteiger partial charge on any atom is -0.348 e. The fraction of sp³-hybridized carbons (Fsp3) is 0.353. The molecule has 0 saturated carbocycles. The summed E-state index contributed by atoms with van der Waals surface area (Å²) in [6.45, 7) is 7.18. The molecule has 1 aromatic carbocycles. The van der Waals surface area contributed by atoms with E-state index in [1.165, 1.54) is 0 Å². The number of carbonyl (C=O) groups excluding carboxylic acids is 1. The maximum absolute atomic E-state index is 11.3. The van der Waals surface area contributed by atoms with Crippen LogP contribution in [0.4, 0.5) is 5.69 Å². The Morgan fingerprint density at radius 2 is 2.00 bits per heavy atom. The second-order valence-corrected chi connectivity index (χ2v) is 5.90. The third kappa shape index (κ3) is 4.39. The maximum atomic E-state index is 11.3. The molecular formula is C17H22N4OS. The smallest absolute Gasteiger partial charge is 0.173 e. The molecule has 1 N–H and O–H groups in total. The fourth-order valence-electron chi connectivity index (χ4n) is 2.21. The molecule has 0 amide bonds. The highest BCUT2D eigenvalue weighted by molar-refractivity contribution is 7.80. The minimum atomic E-state index is 0.0552. The van der Waals surface area contributed by atoms with Crippen LogP contribution in [0.2, 0.25) is 0 Å². The van der Waals surface area contributed by atoms with Gasteiger partial charge in [0.25, 0.3) is 0 Å². The van der Waals surface area contributed by atoms with Gasteiger partial charge in [0, 0.05) is 43.1 Å². The number of thiocarbonyl (C=S) groups is 1. The molecule has 1 heterocycles. The lowest BCUT2D eigenvalue weighted by Gasteiger charge is -2.20. The Bertz CT molecular complexity index is 706. The second-order valence-electron chi connectivity index (χ2n) is 5.52. The summed E-state index contributed by atoms with van der Waals surface area (Å²) in [6.07, 6.45) is 2.05. The lowest BCUT2D eigenvalue weighted by molar-refractivity contribution is 0.101. The SMILES string of the molecule is CCn1cc(CN(C)C(=S)Nc2ccc(C(C)=O)cc2)c(C)n1. The summed E-state index contributed by atoms with van der Waals surface area (Å²) in [5, 5.41) is 8.26. The summed E-state index contributed by atoms with van der Waals surface area (Å²) < 4.78 is 1.93. The molecule has 0 unspecified atom stereocenters. The van der Waals surface area contributed by atoms with Crippen LogP contribution in [-0.2, 0) is 13.1 Å². The molecule has 5 nitrogen and oxygen atoms in total. The molecule has 0 aliphatic heterocycles. The Kier molecular flexibility index (Phi) is 5.50. The largest absolute Gasteiger partial charge is 0.348 e. The predicted octanol–water partition coefficient (Wildman–Crippen LogP) is 3.24. The number of benzene rings is 1. The van der Waals surface area contributed by atoms with Crippen molar-refractivity contribution in [2.24, 2.45) is 0 Å².